The first-order valence-corrected chi connectivity index (χ1v) is 18.7. The molecule has 2 aromatic heterocycles. The van der Waals surface area contributed by atoms with Gasteiger partial charge in [-0.25, -0.2) is 9.97 Å². The summed E-state index contributed by atoms with van der Waals surface area (Å²) in [4.78, 5) is 35.3. The van der Waals surface area contributed by atoms with Crippen LogP contribution in [0, 0.1) is 0 Å². The van der Waals surface area contributed by atoms with E-state index in [-0.39, 0.29) is 11.8 Å². The van der Waals surface area contributed by atoms with Gasteiger partial charge in [0.25, 0.3) is 11.8 Å². The number of amides is 2. The van der Waals surface area contributed by atoms with E-state index in [4.69, 9.17) is 24.2 Å². The van der Waals surface area contributed by atoms with Gasteiger partial charge in [0, 0.05) is 35.0 Å². The number of para-hydroxylation sites is 2. The molecule has 9 nitrogen and oxygen atoms in total. The molecule has 2 N–H and O–H groups in total. The minimum atomic E-state index is -0.157. The molecule has 0 aliphatic carbocycles. The Morgan fingerprint density at radius 2 is 0.828 bits per heavy atom. The highest BCUT2D eigenvalue weighted by molar-refractivity contribution is 6.06. The predicted molar refractivity (Wildman–Crippen MR) is 229 cm³/mol. The van der Waals surface area contributed by atoms with Crippen molar-refractivity contribution in [3.05, 3.63) is 186 Å². The maximum Gasteiger partial charge on any atom is 0.253 e. The summed E-state index contributed by atoms with van der Waals surface area (Å²) in [5, 5.41) is 7.83. The van der Waals surface area contributed by atoms with Gasteiger partial charge in [-0.3, -0.25) is 9.59 Å². The predicted octanol–water partition coefficient (Wildman–Crippen LogP) is 9.69. The lowest BCUT2D eigenvalue weighted by Gasteiger charge is -2.10. The van der Waals surface area contributed by atoms with Crippen LogP contribution in [-0.4, -0.2) is 43.1 Å². The minimum absolute atomic E-state index is 0.140. The molecular weight excluding hydrogens is 725 g/mol. The van der Waals surface area contributed by atoms with E-state index < -0.39 is 0 Å². The van der Waals surface area contributed by atoms with Gasteiger partial charge < -0.3 is 24.8 Å². The molecular formula is C49H42N4O5. The maximum absolute atomic E-state index is 12.9. The summed E-state index contributed by atoms with van der Waals surface area (Å²) >= 11 is 0. The molecule has 0 radical (unpaired) electrons. The van der Waals surface area contributed by atoms with Crippen molar-refractivity contribution >= 4 is 33.6 Å². The molecule has 58 heavy (non-hydrogen) atoms. The fraction of sp³-hybridized carbons (Fsp3) is 0.102. The number of nitrogens with zero attached hydrogens (tertiary/aromatic N) is 2. The molecule has 0 aliphatic rings. The van der Waals surface area contributed by atoms with E-state index in [9.17, 15) is 9.59 Å². The van der Waals surface area contributed by atoms with Crippen molar-refractivity contribution in [1.29, 1.82) is 0 Å². The molecule has 6 aromatic carbocycles. The fourth-order valence-corrected chi connectivity index (χ4v) is 6.39. The molecule has 2 amide bonds. The van der Waals surface area contributed by atoms with Gasteiger partial charge in [-0.1, -0.05) is 91.0 Å². The molecule has 8 aromatic rings. The summed E-state index contributed by atoms with van der Waals surface area (Å²) in [5.41, 5.74) is 8.16. The van der Waals surface area contributed by atoms with Gasteiger partial charge in [0.2, 0.25) is 0 Å². The Bertz CT molecular complexity index is 2650. The van der Waals surface area contributed by atoms with Crippen molar-refractivity contribution in [1.82, 2.24) is 20.6 Å². The Balaban J connectivity index is 0.000000177. The number of rotatable bonds is 11. The van der Waals surface area contributed by atoms with Crippen molar-refractivity contribution < 1.29 is 23.8 Å². The number of methoxy groups -OCH3 is 3. The number of fused-ring (bicyclic) bond motifs is 2. The third-order valence-electron chi connectivity index (χ3n) is 9.61. The van der Waals surface area contributed by atoms with Crippen LogP contribution >= 0.6 is 0 Å². The van der Waals surface area contributed by atoms with Crippen LogP contribution in [0.2, 0.25) is 0 Å². The molecule has 0 fully saturated rings. The van der Waals surface area contributed by atoms with Crippen LogP contribution in [0.1, 0.15) is 31.8 Å². The number of carbonyl (C=O) groups is 2. The third kappa shape index (κ3) is 9.29. The Morgan fingerprint density at radius 3 is 1.24 bits per heavy atom. The van der Waals surface area contributed by atoms with Crippen LogP contribution < -0.4 is 24.8 Å². The first-order chi connectivity index (χ1) is 28.4. The molecule has 0 saturated heterocycles. The van der Waals surface area contributed by atoms with Crippen molar-refractivity contribution in [3.63, 3.8) is 0 Å². The molecule has 0 aliphatic heterocycles. The van der Waals surface area contributed by atoms with Crippen LogP contribution in [0.4, 0.5) is 0 Å². The van der Waals surface area contributed by atoms with Gasteiger partial charge in [-0.15, -0.1) is 0 Å². The highest BCUT2D eigenvalue weighted by Gasteiger charge is 2.14. The third-order valence-corrected chi connectivity index (χ3v) is 9.61. The van der Waals surface area contributed by atoms with E-state index in [0.717, 1.165) is 61.7 Å². The number of nitrogens with one attached hydrogen (secondary N) is 2. The van der Waals surface area contributed by atoms with Gasteiger partial charge in [-0.2, -0.15) is 0 Å². The molecule has 0 spiro atoms. The maximum atomic E-state index is 12.9. The fourth-order valence-electron chi connectivity index (χ4n) is 6.39. The molecule has 2 heterocycles. The number of benzene rings is 6. The lowest BCUT2D eigenvalue weighted by Crippen LogP contribution is -2.23. The first kappa shape index (κ1) is 38.7. The summed E-state index contributed by atoms with van der Waals surface area (Å²) in [5.74, 6) is 2.07. The van der Waals surface area contributed by atoms with E-state index in [0.29, 0.717) is 35.2 Å². The monoisotopic (exact) mass is 766 g/mol. The zero-order chi connectivity index (χ0) is 40.3. The lowest BCUT2D eigenvalue weighted by atomic mass is 10.1. The smallest absolute Gasteiger partial charge is 0.253 e. The van der Waals surface area contributed by atoms with Crippen molar-refractivity contribution in [3.8, 4) is 39.8 Å². The van der Waals surface area contributed by atoms with Crippen LogP contribution in [0.15, 0.2) is 164 Å². The first-order valence-electron chi connectivity index (χ1n) is 18.7. The number of hydrogen-bond donors (Lipinski definition) is 2. The molecule has 288 valence electrons. The number of ether oxygens (including phenoxy) is 3. The molecule has 0 saturated carbocycles. The zero-order valence-electron chi connectivity index (χ0n) is 32.4. The highest BCUT2D eigenvalue weighted by Crippen LogP contribution is 2.26. The number of hydrogen-bond acceptors (Lipinski definition) is 7. The van der Waals surface area contributed by atoms with Crippen molar-refractivity contribution in [2.45, 2.75) is 13.1 Å². The van der Waals surface area contributed by atoms with Gasteiger partial charge in [0.15, 0.2) is 0 Å². The second-order valence-electron chi connectivity index (χ2n) is 13.3. The second-order valence-corrected chi connectivity index (χ2v) is 13.3. The summed E-state index contributed by atoms with van der Waals surface area (Å²) in [6.45, 7) is 0.870. The number of pyridine rings is 2. The van der Waals surface area contributed by atoms with Gasteiger partial charge in [-0.05, 0) is 83.9 Å². The van der Waals surface area contributed by atoms with Gasteiger partial charge in [0.05, 0.1) is 54.9 Å². The van der Waals surface area contributed by atoms with E-state index in [1.807, 2.05) is 158 Å². The Hall–Kier alpha value is -7.52. The minimum Gasteiger partial charge on any atom is -0.497 e. The van der Waals surface area contributed by atoms with Crippen LogP contribution in [0.5, 0.6) is 17.2 Å². The molecule has 9 heteroatoms. The Kier molecular flexibility index (Phi) is 12.3. The largest absolute Gasteiger partial charge is 0.497 e. The quantitative estimate of drug-likeness (QED) is 0.135. The summed E-state index contributed by atoms with van der Waals surface area (Å²) in [6, 6.07) is 52.2. The Morgan fingerprint density at radius 1 is 0.431 bits per heavy atom. The lowest BCUT2D eigenvalue weighted by molar-refractivity contribution is 0.0944. The highest BCUT2D eigenvalue weighted by atomic mass is 16.5. The van der Waals surface area contributed by atoms with Gasteiger partial charge >= 0.3 is 0 Å². The molecule has 0 bridgehead atoms. The Labute approximate surface area is 337 Å². The number of aromatic nitrogens is 2. The summed E-state index contributed by atoms with van der Waals surface area (Å²) in [7, 11) is 4.90. The zero-order valence-corrected chi connectivity index (χ0v) is 32.4. The summed E-state index contributed by atoms with van der Waals surface area (Å²) in [6.07, 6.45) is 0. The average Bonchev–Trinajstić information content (AvgIpc) is 3.30. The van der Waals surface area contributed by atoms with E-state index in [1.165, 1.54) is 0 Å². The standard InChI is InChI=1S/C25H22N2O3.C24H20N2O2/c1-29-20-11-6-17(7-12-20)16-26-25(28)22-5-3-4-19-10-15-23(27-24(19)22)18-8-13-21(30-2)14-9-18;1-28-20-13-10-17(11-14-20)16-25-24(27)21-9-5-8-19-12-15-22(26-23(19)21)18-6-3-2-4-7-18/h3-15H,16H2,1-2H3,(H,26,28);2-15H,16H2,1H3,(H,25,27). The van der Waals surface area contributed by atoms with Crippen molar-refractivity contribution in [2.24, 2.45) is 0 Å². The average molecular weight is 767 g/mol. The number of carbonyl (C=O) groups excluding carboxylic acids is 2. The van der Waals surface area contributed by atoms with Crippen molar-refractivity contribution in [2.75, 3.05) is 21.3 Å². The van der Waals surface area contributed by atoms with Gasteiger partial charge in [0.1, 0.15) is 17.2 Å². The SMILES string of the molecule is COc1ccc(CNC(=O)c2cccc3ccc(-c4ccc(OC)cc4)nc23)cc1.COc1ccc(CNC(=O)c2cccc3ccc(-c4ccccc4)nc23)cc1. The van der Waals surface area contributed by atoms with E-state index in [2.05, 4.69) is 10.6 Å². The van der Waals surface area contributed by atoms with Crippen LogP contribution in [-0.2, 0) is 13.1 Å². The summed E-state index contributed by atoms with van der Waals surface area (Å²) < 4.78 is 15.6. The van der Waals surface area contributed by atoms with Crippen LogP contribution in [0.25, 0.3) is 44.3 Å². The normalized spacial score (nSPS) is 10.6. The molecule has 8 rings (SSSR count). The topological polar surface area (TPSA) is 112 Å². The molecule has 0 atom stereocenters. The molecule has 0 unspecified atom stereocenters. The second kappa shape index (κ2) is 18.4. The van der Waals surface area contributed by atoms with Crippen LogP contribution in [0.3, 0.4) is 0 Å². The van der Waals surface area contributed by atoms with E-state index in [1.54, 1.807) is 27.4 Å². The van der Waals surface area contributed by atoms with E-state index >= 15 is 0 Å².